The standard InChI is InChI=1S/C22H20N2O5S3/c1-3-28-21(26)16-15(13-8-6-10-31-13)17(22(27)29-4-2)20-24(18(16)23)19(25)14(32-20)11-12-7-5-9-30-12/h5-11,15H,3-4,23H2,1-2H3/b14-11-/t15-/m1/s1. The maximum Gasteiger partial charge on any atom is 0.338 e. The van der Waals surface area contributed by atoms with Gasteiger partial charge in [-0.05, 0) is 42.8 Å². The number of rotatable bonds is 6. The summed E-state index contributed by atoms with van der Waals surface area (Å²) >= 11 is 4.03. The van der Waals surface area contributed by atoms with Crippen LogP contribution in [0.25, 0.3) is 17.5 Å². The Morgan fingerprint density at radius 3 is 2.31 bits per heavy atom. The summed E-state index contributed by atoms with van der Waals surface area (Å²) in [6.07, 6.45) is 1.75. The number of esters is 2. The Morgan fingerprint density at radius 2 is 1.72 bits per heavy atom. The molecule has 0 radical (unpaired) electrons. The smallest absolute Gasteiger partial charge is 0.338 e. The summed E-state index contributed by atoms with van der Waals surface area (Å²) in [6, 6.07) is 7.42. The average molecular weight is 489 g/mol. The van der Waals surface area contributed by atoms with Gasteiger partial charge in [0, 0.05) is 9.75 Å². The van der Waals surface area contributed by atoms with E-state index < -0.39 is 23.4 Å². The van der Waals surface area contributed by atoms with Gasteiger partial charge in [0.05, 0.1) is 34.8 Å². The second-order valence-corrected chi connectivity index (χ2v) is 9.66. The van der Waals surface area contributed by atoms with Gasteiger partial charge in [0.25, 0.3) is 5.56 Å². The maximum atomic E-state index is 13.3. The van der Waals surface area contributed by atoms with Gasteiger partial charge in [-0.2, -0.15) is 0 Å². The molecule has 4 heterocycles. The van der Waals surface area contributed by atoms with E-state index in [0.717, 1.165) is 21.1 Å². The van der Waals surface area contributed by atoms with Gasteiger partial charge in [0.1, 0.15) is 10.5 Å². The topological polar surface area (TPSA) is 101 Å². The van der Waals surface area contributed by atoms with Gasteiger partial charge in [0.2, 0.25) is 0 Å². The zero-order chi connectivity index (χ0) is 22.8. The number of thiazole rings is 1. The Hall–Kier alpha value is -2.95. The molecule has 0 amide bonds. The molecule has 0 saturated carbocycles. The number of carbonyl (C=O) groups excluding carboxylic acids is 2. The Bertz CT molecular complexity index is 1360. The first-order chi connectivity index (χ1) is 15.5. The highest BCUT2D eigenvalue weighted by atomic mass is 32.1. The SMILES string of the molecule is CCOC(=O)C1=C(N)n2c(s/c(=C\c3cccs3)c2=O)=C(C(=O)OCC)[C@@H]1c1cccs1. The number of hydrogen-bond acceptors (Lipinski definition) is 9. The quantitative estimate of drug-likeness (QED) is 0.533. The number of aromatic nitrogens is 1. The second-order valence-electron chi connectivity index (χ2n) is 6.67. The predicted molar refractivity (Wildman–Crippen MR) is 127 cm³/mol. The summed E-state index contributed by atoms with van der Waals surface area (Å²) in [5.41, 5.74) is 6.29. The summed E-state index contributed by atoms with van der Waals surface area (Å²) in [7, 11) is 0. The minimum absolute atomic E-state index is 0.0306. The van der Waals surface area contributed by atoms with Crippen LogP contribution < -0.4 is 20.5 Å². The number of hydrogen-bond donors (Lipinski definition) is 1. The van der Waals surface area contributed by atoms with Crippen LogP contribution in [0.2, 0.25) is 0 Å². The van der Waals surface area contributed by atoms with Gasteiger partial charge >= 0.3 is 11.9 Å². The van der Waals surface area contributed by atoms with E-state index in [1.54, 1.807) is 19.9 Å². The minimum Gasteiger partial charge on any atom is -0.463 e. The first-order valence-corrected chi connectivity index (χ1v) is 12.4. The Kier molecular flexibility index (Phi) is 6.45. The molecule has 1 atom stereocenters. The van der Waals surface area contributed by atoms with E-state index in [-0.39, 0.29) is 30.2 Å². The molecule has 4 rings (SSSR count). The molecule has 1 aliphatic heterocycles. The molecule has 0 fully saturated rings. The molecule has 7 nitrogen and oxygen atoms in total. The summed E-state index contributed by atoms with van der Waals surface area (Å²) in [5, 5.41) is 3.76. The van der Waals surface area contributed by atoms with Crippen LogP contribution in [-0.2, 0) is 19.1 Å². The number of nitrogens with two attached hydrogens (primary N) is 1. The van der Waals surface area contributed by atoms with Crippen LogP contribution in [0.4, 0.5) is 0 Å². The maximum absolute atomic E-state index is 13.3. The largest absolute Gasteiger partial charge is 0.463 e. The molecule has 3 aromatic rings. The normalized spacial score (nSPS) is 16.2. The molecule has 10 heteroatoms. The first kappa shape index (κ1) is 22.3. The molecule has 0 bridgehead atoms. The van der Waals surface area contributed by atoms with E-state index in [1.165, 1.54) is 27.2 Å². The molecular formula is C22H20N2O5S3. The summed E-state index contributed by atoms with van der Waals surface area (Å²) in [4.78, 5) is 41.1. The Balaban J connectivity index is 2.11. The number of fused-ring (bicyclic) bond motifs is 1. The van der Waals surface area contributed by atoms with Crippen molar-refractivity contribution in [3.05, 3.63) is 69.9 Å². The third-order valence-corrected chi connectivity index (χ3v) is 7.65. The molecule has 0 aromatic carbocycles. The summed E-state index contributed by atoms with van der Waals surface area (Å²) in [5.74, 6) is -2.09. The van der Waals surface area contributed by atoms with Gasteiger partial charge < -0.3 is 15.2 Å². The predicted octanol–water partition coefficient (Wildman–Crippen LogP) is 2.06. The molecule has 0 unspecified atom stereocenters. The van der Waals surface area contributed by atoms with Crippen molar-refractivity contribution in [3.63, 3.8) is 0 Å². The second kappa shape index (κ2) is 9.27. The fraction of sp³-hybridized carbons (Fsp3) is 0.227. The highest BCUT2D eigenvalue weighted by Crippen LogP contribution is 2.39. The van der Waals surface area contributed by atoms with Gasteiger partial charge in [-0.3, -0.25) is 9.36 Å². The van der Waals surface area contributed by atoms with Crippen LogP contribution in [0.5, 0.6) is 0 Å². The van der Waals surface area contributed by atoms with Crippen LogP contribution >= 0.6 is 34.0 Å². The van der Waals surface area contributed by atoms with E-state index in [4.69, 9.17) is 15.2 Å². The molecule has 32 heavy (non-hydrogen) atoms. The molecule has 166 valence electrons. The highest BCUT2D eigenvalue weighted by molar-refractivity contribution is 7.11. The molecule has 0 aliphatic carbocycles. The molecule has 1 aliphatic rings. The van der Waals surface area contributed by atoms with Crippen molar-refractivity contribution in [2.75, 3.05) is 13.2 Å². The Morgan fingerprint density at radius 1 is 1.06 bits per heavy atom. The van der Waals surface area contributed by atoms with Crippen molar-refractivity contribution in [1.82, 2.24) is 4.57 Å². The lowest BCUT2D eigenvalue weighted by atomic mass is 9.87. The zero-order valence-corrected chi connectivity index (χ0v) is 19.8. The van der Waals surface area contributed by atoms with Gasteiger partial charge in [0.15, 0.2) is 0 Å². The summed E-state index contributed by atoms with van der Waals surface area (Å²) < 4.78 is 12.6. The van der Waals surface area contributed by atoms with Crippen molar-refractivity contribution in [1.29, 1.82) is 0 Å². The van der Waals surface area contributed by atoms with Crippen LogP contribution in [0.15, 0.2) is 45.4 Å². The van der Waals surface area contributed by atoms with E-state index in [1.807, 2.05) is 35.0 Å². The first-order valence-electron chi connectivity index (χ1n) is 9.86. The minimum atomic E-state index is -0.791. The van der Waals surface area contributed by atoms with Crippen LogP contribution in [0, 0.1) is 0 Å². The fourth-order valence-corrected chi connectivity index (χ4v) is 6.24. The highest BCUT2D eigenvalue weighted by Gasteiger charge is 2.40. The van der Waals surface area contributed by atoms with E-state index in [9.17, 15) is 14.4 Å². The van der Waals surface area contributed by atoms with Crippen molar-refractivity contribution in [3.8, 4) is 0 Å². The molecule has 2 N–H and O–H groups in total. The van der Waals surface area contributed by atoms with E-state index >= 15 is 0 Å². The van der Waals surface area contributed by atoms with Crippen molar-refractivity contribution in [2.24, 2.45) is 5.73 Å². The molecule has 0 spiro atoms. The summed E-state index contributed by atoms with van der Waals surface area (Å²) in [6.45, 7) is 3.67. The lowest BCUT2D eigenvalue weighted by Crippen LogP contribution is -2.41. The number of carbonyl (C=O) groups is 2. The van der Waals surface area contributed by atoms with Gasteiger partial charge in [-0.15, -0.1) is 34.0 Å². The lowest BCUT2D eigenvalue weighted by molar-refractivity contribution is -0.138. The number of thiophene rings is 2. The molecular weight excluding hydrogens is 468 g/mol. The van der Waals surface area contributed by atoms with E-state index in [0.29, 0.717) is 9.20 Å². The third kappa shape index (κ3) is 3.85. The van der Waals surface area contributed by atoms with Crippen molar-refractivity contribution < 1.29 is 19.1 Å². The van der Waals surface area contributed by atoms with Crippen LogP contribution in [-0.4, -0.2) is 29.7 Å². The van der Waals surface area contributed by atoms with Crippen LogP contribution in [0.1, 0.15) is 29.5 Å². The average Bonchev–Trinajstić information content (AvgIpc) is 3.51. The fourth-order valence-electron chi connectivity index (χ4n) is 3.51. The van der Waals surface area contributed by atoms with Crippen LogP contribution in [0.3, 0.4) is 0 Å². The van der Waals surface area contributed by atoms with Crippen molar-refractivity contribution >= 4 is 63.4 Å². The van der Waals surface area contributed by atoms with E-state index in [2.05, 4.69) is 0 Å². The third-order valence-electron chi connectivity index (χ3n) is 4.78. The zero-order valence-electron chi connectivity index (χ0n) is 17.3. The monoisotopic (exact) mass is 488 g/mol. The number of nitrogens with zero attached hydrogens (tertiary/aromatic N) is 1. The number of ether oxygens (including phenoxy) is 2. The van der Waals surface area contributed by atoms with Crippen molar-refractivity contribution in [2.45, 2.75) is 19.8 Å². The van der Waals surface area contributed by atoms with Gasteiger partial charge in [-0.1, -0.05) is 12.1 Å². The van der Waals surface area contributed by atoms with Gasteiger partial charge in [-0.25, -0.2) is 9.59 Å². The lowest BCUT2D eigenvalue weighted by Gasteiger charge is -2.25. The molecule has 3 aromatic heterocycles. The molecule has 0 saturated heterocycles. The Labute approximate surface area is 195 Å².